The number of carbonyl (C=O) groups is 1. The van der Waals surface area contributed by atoms with Crippen molar-refractivity contribution in [1.29, 1.82) is 0 Å². The maximum atomic E-state index is 11.0. The lowest BCUT2D eigenvalue weighted by molar-refractivity contribution is -0.139. The van der Waals surface area contributed by atoms with Gasteiger partial charge in [-0.05, 0) is 19.8 Å². The van der Waals surface area contributed by atoms with Crippen LogP contribution in [0.2, 0.25) is 0 Å². The summed E-state index contributed by atoms with van der Waals surface area (Å²) >= 11 is 5.02. The highest BCUT2D eigenvalue weighted by Gasteiger charge is 2.13. The van der Waals surface area contributed by atoms with Gasteiger partial charge < -0.3 is 4.74 Å². The first-order chi connectivity index (χ1) is 6.83. The Bertz CT molecular complexity index is 224. The van der Waals surface area contributed by atoms with Crippen LogP contribution in [-0.4, -0.2) is 23.9 Å². The van der Waals surface area contributed by atoms with Gasteiger partial charge in [0, 0.05) is 15.8 Å². The number of unbranched alkanes of at least 4 members (excludes halogenated alkanes) is 2. The molecule has 0 aromatic rings. The lowest BCUT2D eigenvalue weighted by Gasteiger charge is -2.13. The molecule has 88 valence electrons. The molecule has 0 fully saturated rings. The molecule has 15 heavy (non-hydrogen) atoms. The van der Waals surface area contributed by atoms with Crippen LogP contribution in [0, 0.1) is 0 Å². The largest absolute Gasteiger partial charge is 0.462 e. The first-order valence-corrected chi connectivity index (χ1v) is 8.19. The summed E-state index contributed by atoms with van der Waals surface area (Å²) < 4.78 is 5.49. The van der Waals surface area contributed by atoms with E-state index in [2.05, 4.69) is 51.8 Å². The monoisotopic (exact) mass is 452 g/mol. The number of alkyl halides is 2. The second kappa shape index (κ2) is 8.05. The second-order valence-corrected chi connectivity index (χ2v) is 16.4. The van der Waals surface area contributed by atoms with Crippen LogP contribution in [-0.2, 0) is 9.53 Å². The second-order valence-electron chi connectivity index (χ2n) is 3.80. The normalized spacial score (nSPS) is 11.4. The van der Waals surface area contributed by atoms with Gasteiger partial charge in [0.15, 0.2) is 0 Å². The highest BCUT2D eigenvalue weighted by atomic mass is 127. The van der Waals surface area contributed by atoms with Crippen molar-refractivity contribution in [2.45, 2.75) is 33.7 Å². The van der Waals surface area contributed by atoms with E-state index in [0.29, 0.717) is 13.2 Å². The van der Waals surface area contributed by atoms with Crippen molar-refractivity contribution < 1.29 is 9.53 Å². The zero-order valence-electron chi connectivity index (χ0n) is 9.32. The molecule has 0 bridgehead atoms. The van der Waals surface area contributed by atoms with Crippen molar-refractivity contribution in [2.75, 3.05) is 6.61 Å². The first kappa shape index (κ1) is 15.9. The summed E-state index contributed by atoms with van der Waals surface area (Å²) in [5.41, 5.74) is 0.480. The number of hydrogen-bond acceptors (Lipinski definition) is 2. The molecule has 0 amide bonds. The number of halogens is 2. The van der Waals surface area contributed by atoms with Crippen LogP contribution in [0.15, 0.2) is 12.2 Å². The summed E-state index contributed by atoms with van der Waals surface area (Å²) in [5.74, 6) is -0.268. The maximum absolute atomic E-state index is 11.0. The molecule has 0 atom stereocenters. The zero-order chi connectivity index (χ0) is 11.9. The molecule has 0 unspecified atom stereocenters. The predicted molar refractivity (Wildman–Crippen MR) is 85.0 cm³/mol. The van der Waals surface area contributed by atoms with E-state index in [4.69, 9.17) is 4.74 Å². The van der Waals surface area contributed by atoms with Gasteiger partial charge in [-0.1, -0.05) is 64.6 Å². The Labute approximate surface area is 122 Å². The number of carbonyl (C=O) groups excluding carboxylic acids is 1. The summed E-state index contributed by atoms with van der Waals surface area (Å²) in [6.45, 7) is 5.73. The smallest absolute Gasteiger partial charge is 0.333 e. The molecule has 0 rings (SSSR count). The van der Waals surface area contributed by atoms with E-state index < -0.39 is 0 Å². The molecule has 0 heterocycles. The van der Waals surface area contributed by atoms with E-state index in [1.807, 2.05) is 0 Å². The molecule has 0 N–H and O–H groups in total. The minimum absolute atomic E-state index is 0.268. The molecule has 0 aliphatic heterocycles. The van der Waals surface area contributed by atoms with E-state index in [1.54, 1.807) is 6.92 Å². The Morgan fingerprint density at radius 1 is 1.40 bits per heavy atom. The average molecular weight is 452 g/mol. The molecular formula is C10H18I2O2Si. The van der Waals surface area contributed by atoms with Crippen molar-refractivity contribution in [3.63, 3.8) is 0 Å². The highest BCUT2D eigenvalue weighted by Crippen LogP contribution is 2.29. The van der Waals surface area contributed by atoms with Gasteiger partial charge in [0.25, 0.3) is 0 Å². The van der Waals surface area contributed by atoms with E-state index in [1.165, 1.54) is 23.1 Å². The Kier molecular flexibility index (Phi) is 8.52. The van der Waals surface area contributed by atoms with Crippen LogP contribution in [0.3, 0.4) is 0 Å². The van der Waals surface area contributed by atoms with E-state index in [9.17, 15) is 4.79 Å². The predicted octanol–water partition coefficient (Wildman–Crippen LogP) is 2.56. The number of hydrogen-bond donors (Lipinski definition) is 0. The molecule has 2 nitrogen and oxygen atoms in total. The topological polar surface area (TPSA) is 26.3 Å². The van der Waals surface area contributed by atoms with Crippen molar-refractivity contribution in [3.05, 3.63) is 12.2 Å². The van der Waals surface area contributed by atoms with Gasteiger partial charge in [-0.2, -0.15) is 0 Å². The van der Waals surface area contributed by atoms with Gasteiger partial charge in [0.05, 0.1) is 7.66 Å². The third-order valence-electron chi connectivity index (χ3n) is 1.84. The quantitative estimate of drug-likeness (QED) is 0.148. The van der Waals surface area contributed by atoms with Crippen molar-refractivity contribution in [2.24, 2.45) is 0 Å². The number of ether oxygens (including phenoxy) is 1. The third-order valence-corrected chi connectivity index (χ3v) is 3.42. The highest BCUT2D eigenvalue weighted by molar-refractivity contribution is 14.2. The molecule has 5 heteroatoms. The fraction of sp³-hybridized carbons (Fsp3) is 0.700. The van der Waals surface area contributed by atoms with Crippen LogP contribution in [0.4, 0.5) is 0 Å². The summed E-state index contributed by atoms with van der Waals surface area (Å²) in [5, 5.41) is 0. The Hall–Kier alpha value is 0.887. The third kappa shape index (κ3) is 11.2. The minimum Gasteiger partial charge on any atom is -0.462 e. The van der Waals surface area contributed by atoms with Crippen LogP contribution in [0.1, 0.15) is 32.6 Å². The lowest BCUT2D eigenvalue weighted by Crippen LogP contribution is -2.10. The average Bonchev–Trinajstić information content (AvgIpc) is 2.08. The van der Waals surface area contributed by atoms with E-state index in [0.717, 1.165) is 12.8 Å². The fourth-order valence-electron chi connectivity index (χ4n) is 1.00. The summed E-state index contributed by atoms with van der Waals surface area (Å²) in [6, 6.07) is 0. The van der Waals surface area contributed by atoms with Gasteiger partial charge in [-0.3, -0.25) is 0 Å². The van der Waals surface area contributed by atoms with Crippen molar-refractivity contribution >= 4 is 61.4 Å². The standard InChI is InChI=1S/C10H18I2O2Si/c1-8(2)9(13)14-7-5-3-4-6-10(11,12)15/h1,3-7H2,2,15H3. The molecule has 0 saturated heterocycles. The minimum atomic E-state index is -0.268. The fourth-order valence-corrected chi connectivity index (χ4v) is 2.12. The first-order valence-electron chi connectivity index (χ1n) is 5.03. The van der Waals surface area contributed by atoms with Crippen molar-refractivity contribution in [3.8, 4) is 0 Å². The Morgan fingerprint density at radius 2 is 2.00 bits per heavy atom. The van der Waals surface area contributed by atoms with Gasteiger partial charge in [-0.15, -0.1) is 0 Å². The zero-order valence-corrected chi connectivity index (χ0v) is 15.6. The Morgan fingerprint density at radius 3 is 2.47 bits per heavy atom. The van der Waals surface area contributed by atoms with Crippen LogP contribution in [0.25, 0.3) is 0 Å². The SMILES string of the molecule is C=C(C)C(=O)OCCCCCC([SiH3])(I)I. The number of esters is 1. The molecule has 0 aromatic carbocycles. The van der Waals surface area contributed by atoms with Gasteiger partial charge in [0.1, 0.15) is 0 Å². The summed E-state index contributed by atoms with van der Waals surface area (Å²) in [4.78, 5) is 11.0. The van der Waals surface area contributed by atoms with Gasteiger partial charge >= 0.3 is 5.97 Å². The van der Waals surface area contributed by atoms with E-state index in [-0.39, 0.29) is 5.97 Å². The van der Waals surface area contributed by atoms with Crippen LogP contribution >= 0.6 is 45.2 Å². The summed E-state index contributed by atoms with van der Waals surface area (Å²) in [7, 11) is 1.22. The van der Waals surface area contributed by atoms with Gasteiger partial charge in [-0.25, -0.2) is 4.79 Å². The van der Waals surface area contributed by atoms with Crippen LogP contribution in [0.5, 0.6) is 0 Å². The molecule has 0 radical (unpaired) electrons. The summed E-state index contributed by atoms with van der Waals surface area (Å²) in [6.07, 6.45) is 4.58. The number of rotatable bonds is 7. The maximum Gasteiger partial charge on any atom is 0.333 e. The molecule has 0 aromatic heterocycles. The van der Waals surface area contributed by atoms with Gasteiger partial charge in [0.2, 0.25) is 0 Å². The van der Waals surface area contributed by atoms with E-state index >= 15 is 0 Å². The molecule has 0 aliphatic carbocycles. The Balaban J connectivity index is 3.33. The van der Waals surface area contributed by atoms with Crippen LogP contribution < -0.4 is 0 Å². The molecule has 0 saturated carbocycles. The van der Waals surface area contributed by atoms with Crippen molar-refractivity contribution in [1.82, 2.24) is 0 Å². The molecule has 0 spiro atoms. The molecule has 0 aliphatic rings. The lowest BCUT2D eigenvalue weighted by atomic mass is 10.2. The molecular weight excluding hydrogens is 434 g/mol.